The van der Waals surface area contributed by atoms with Gasteiger partial charge in [0, 0.05) is 31.3 Å². The molecule has 1 N–H and O–H groups in total. The number of rotatable bonds is 10. The summed E-state index contributed by atoms with van der Waals surface area (Å²) < 4.78 is 5.69. The molecule has 1 heterocycles. The number of ether oxygens (including phenoxy) is 1. The molecule has 160 valence electrons. The van der Waals surface area contributed by atoms with Crippen LogP contribution < -0.4 is 15.0 Å². The third kappa shape index (κ3) is 5.60. The van der Waals surface area contributed by atoms with Gasteiger partial charge in [-0.2, -0.15) is 0 Å². The van der Waals surface area contributed by atoms with Crippen molar-refractivity contribution in [1.82, 2.24) is 10.2 Å². The van der Waals surface area contributed by atoms with Gasteiger partial charge in [0.05, 0.1) is 6.04 Å². The van der Waals surface area contributed by atoms with Gasteiger partial charge in [0.15, 0.2) is 6.61 Å². The molecule has 0 radical (unpaired) electrons. The molecule has 1 aliphatic rings. The van der Waals surface area contributed by atoms with Gasteiger partial charge in [0.2, 0.25) is 5.91 Å². The Morgan fingerprint density at radius 1 is 1.13 bits per heavy atom. The molecule has 0 spiro atoms. The van der Waals surface area contributed by atoms with Crippen LogP contribution in [0, 0.1) is 0 Å². The zero-order chi connectivity index (χ0) is 21.3. The summed E-state index contributed by atoms with van der Waals surface area (Å²) in [6.07, 6.45) is 1.46. The Morgan fingerprint density at radius 3 is 2.57 bits per heavy atom. The van der Waals surface area contributed by atoms with Crippen LogP contribution in [0.4, 0.5) is 5.69 Å². The summed E-state index contributed by atoms with van der Waals surface area (Å²) in [5, 5.41) is 3.01. The molecule has 0 saturated carbocycles. The highest BCUT2D eigenvalue weighted by molar-refractivity contribution is 5.95. The molecule has 6 heteroatoms. The lowest BCUT2D eigenvalue weighted by Gasteiger charge is -2.30. The number of hydrogen-bond acceptors (Lipinski definition) is 4. The monoisotopic (exact) mass is 409 g/mol. The van der Waals surface area contributed by atoms with Crippen LogP contribution in [0.3, 0.4) is 0 Å². The maximum Gasteiger partial charge on any atom is 0.258 e. The molecule has 1 atom stereocenters. The van der Waals surface area contributed by atoms with E-state index in [1.165, 1.54) is 5.56 Å². The molecule has 2 aromatic carbocycles. The Labute approximate surface area is 178 Å². The van der Waals surface area contributed by atoms with E-state index in [0.29, 0.717) is 18.7 Å². The molecular formula is C24H31N3O3. The quantitative estimate of drug-likeness (QED) is 0.653. The highest BCUT2D eigenvalue weighted by Gasteiger charge is 2.22. The molecule has 2 amide bonds. The average molecular weight is 410 g/mol. The minimum atomic E-state index is -0.161. The van der Waals surface area contributed by atoms with E-state index < -0.39 is 0 Å². The standard InChI is InChI=1S/C24H31N3O3/c1-3-26(4-2)22(19-10-6-5-7-11-19)17-25-23(28)18-30-21-13-8-12-20(16-21)27-15-9-14-24(27)29/h5-8,10-13,16,22H,3-4,9,14-15,17-18H2,1-2H3,(H,25,28)/t22-/m1/s1. The molecule has 0 unspecified atom stereocenters. The summed E-state index contributed by atoms with van der Waals surface area (Å²) in [5.74, 6) is 0.560. The first-order valence-corrected chi connectivity index (χ1v) is 10.7. The van der Waals surface area contributed by atoms with Crippen LogP contribution in [0.5, 0.6) is 5.75 Å². The summed E-state index contributed by atoms with van der Waals surface area (Å²) in [5.41, 5.74) is 2.01. The van der Waals surface area contributed by atoms with Gasteiger partial charge in [-0.25, -0.2) is 0 Å². The largest absolute Gasteiger partial charge is 0.484 e. The Bertz CT molecular complexity index is 837. The van der Waals surface area contributed by atoms with Gasteiger partial charge in [-0.15, -0.1) is 0 Å². The van der Waals surface area contributed by atoms with Crippen LogP contribution in [0.2, 0.25) is 0 Å². The number of carbonyl (C=O) groups excluding carboxylic acids is 2. The lowest BCUT2D eigenvalue weighted by atomic mass is 10.1. The normalized spacial score (nSPS) is 14.8. The molecule has 0 aliphatic carbocycles. The lowest BCUT2D eigenvalue weighted by molar-refractivity contribution is -0.123. The lowest BCUT2D eigenvalue weighted by Crippen LogP contribution is -2.39. The number of hydrogen-bond donors (Lipinski definition) is 1. The van der Waals surface area contributed by atoms with E-state index in [0.717, 1.165) is 31.7 Å². The molecule has 3 rings (SSSR count). The van der Waals surface area contributed by atoms with E-state index in [1.807, 2.05) is 36.4 Å². The Morgan fingerprint density at radius 2 is 1.90 bits per heavy atom. The third-order valence-electron chi connectivity index (χ3n) is 5.50. The van der Waals surface area contributed by atoms with Crippen molar-refractivity contribution in [3.63, 3.8) is 0 Å². The fourth-order valence-corrected chi connectivity index (χ4v) is 3.87. The van der Waals surface area contributed by atoms with Crippen LogP contribution in [0.1, 0.15) is 38.3 Å². The SMILES string of the molecule is CCN(CC)[C@H](CNC(=O)COc1cccc(N2CCCC2=O)c1)c1ccccc1. The van der Waals surface area contributed by atoms with E-state index in [-0.39, 0.29) is 24.5 Å². The predicted molar refractivity (Wildman–Crippen MR) is 119 cm³/mol. The number of carbonyl (C=O) groups is 2. The van der Waals surface area contributed by atoms with E-state index in [1.54, 1.807) is 11.0 Å². The zero-order valence-corrected chi connectivity index (χ0v) is 17.8. The molecule has 6 nitrogen and oxygen atoms in total. The number of benzene rings is 2. The molecule has 1 aliphatic heterocycles. The second kappa shape index (κ2) is 10.8. The first-order valence-electron chi connectivity index (χ1n) is 10.7. The van der Waals surface area contributed by atoms with Crippen molar-refractivity contribution in [2.75, 3.05) is 37.7 Å². The van der Waals surface area contributed by atoms with Gasteiger partial charge in [-0.3, -0.25) is 14.5 Å². The highest BCUT2D eigenvalue weighted by Crippen LogP contribution is 2.25. The van der Waals surface area contributed by atoms with Crippen molar-refractivity contribution in [3.8, 4) is 5.75 Å². The molecule has 1 saturated heterocycles. The number of nitrogens with one attached hydrogen (secondary N) is 1. The maximum atomic E-state index is 12.4. The Kier molecular flexibility index (Phi) is 7.85. The number of anilines is 1. The van der Waals surface area contributed by atoms with Gasteiger partial charge in [0.1, 0.15) is 5.75 Å². The van der Waals surface area contributed by atoms with Gasteiger partial charge in [0.25, 0.3) is 5.91 Å². The summed E-state index contributed by atoms with van der Waals surface area (Å²) in [6.45, 7) is 7.27. The summed E-state index contributed by atoms with van der Waals surface area (Å²) in [6, 6.07) is 17.7. The first kappa shape index (κ1) is 21.8. The fraction of sp³-hybridized carbons (Fsp3) is 0.417. The van der Waals surface area contributed by atoms with Crippen molar-refractivity contribution in [2.24, 2.45) is 0 Å². The topological polar surface area (TPSA) is 61.9 Å². The first-order chi connectivity index (χ1) is 14.6. The second-order valence-electron chi connectivity index (χ2n) is 7.39. The average Bonchev–Trinajstić information content (AvgIpc) is 3.22. The number of amides is 2. The van der Waals surface area contributed by atoms with Crippen LogP contribution in [0.25, 0.3) is 0 Å². The van der Waals surface area contributed by atoms with Gasteiger partial charge in [-0.05, 0) is 37.2 Å². The van der Waals surface area contributed by atoms with Crippen LogP contribution in [-0.2, 0) is 9.59 Å². The van der Waals surface area contributed by atoms with Gasteiger partial charge < -0.3 is 15.0 Å². The van der Waals surface area contributed by atoms with Crippen molar-refractivity contribution >= 4 is 17.5 Å². The molecule has 0 aromatic heterocycles. The van der Waals surface area contributed by atoms with Gasteiger partial charge >= 0.3 is 0 Å². The fourth-order valence-electron chi connectivity index (χ4n) is 3.87. The van der Waals surface area contributed by atoms with Gasteiger partial charge in [-0.1, -0.05) is 50.2 Å². The zero-order valence-electron chi connectivity index (χ0n) is 17.8. The van der Waals surface area contributed by atoms with E-state index >= 15 is 0 Å². The van der Waals surface area contributed by atoms with Crippen LogP contribution in [0.15, 0.2) is 54.6 Å². The van der Waals surface area contributed by atoms with Crippen molar-refractivity contribution in [2.45, 2.75) is 32.7 Å². The van der Waals surface area contributed by atoms with E-state index in [2.05, 4.69) is 36.2 Å². The molecule has 30 heavy (non-hydrogen) atoms. The van der Waals surface area contributed by atoms with Crippen LogP contribution in [-0.4, -0.2) is 49.5 Å². The summed E-state index contributed by atoms with van der Waals surface area (Å²) in [7, 11) is 0. The number of nitrogens with zero attached hydrogens (tertiary/aromatic N) is 2. The molecule has 1 fully saturated rings. The Balaban J connectivity index is 1.55. The number of likely N-dealkylation sites (N-methyl/N-ethyl adjacent to an activating group) is 1. The smallest absolute Gasteiger partial charge is 0.258 e. The molecule has 0 bridgehead atoms. The van der Waals surface area contributed by atoms with Crippen molar-refractivity contribution in [3.05, 3.63) is 60.2 Å². The molecule has 2 aromatic rings. The van der Waals surface area contributed by atoms with E-state index in [9.17, 15) is 9.59 Å². The molecular weight excluding hydrogens is 378 g/mol. The summed E-state index contributed by atoms with van der Waals surface area (Å²) >= 11 is 0. The third-order valence-corrected chi connectivity index (χ3v) is 5.50. The maximum absolute atomic E-state index is 12.4. The Hall–Kier alpha value is -2.86. The van der Waals surface area contributed by atoms with E-state index in [4.69, 9.17) is 4.74 Å². The van der Waals surface area contributed by atoms with Crippen molar-refractivity contribution in [1.29, 1.82) is 0 Å². The second-order valence-corrected chi connectivity index (χ2v) is 7.39. The minimum absolute atomic E-state index is 0.0584. The highest BCUT2D eigenvalue weighted by atomic mass is 16.5. The van der Waals surface area contributed by atoms with Crippen molar-refractivity contribution < 1.29 is 14.3 Å². The van der Waals surface area contributed by atoms with Crippen LogP contribution >= 0.6 is 0 Å². The predicted octanol–water partition coefficient (Wildman–Crippen LogP) is 3.39. The minimum Gasteiger partial charge on any atom is -0.484 e. The summed E-state index contributed by atoms with van der Waals surface area (Å²) in [4.78, 5) is 28.5.